The summed E-state index contributed by atoms with van der Waals surface area (Å²) in [6.45, 7) is 1.68. The van der Waals surface area contributed by atoms with Crippen molar-refractivity contribution in [3.63, 3.8) is 0 Å². The van der Waals surface area contributed by atoms with E-state index in [0.717, 1.165) is 38.1 Å². The minimum atomic E-state index is -4.60. The third-order valence-corrected chi connectivity index (χ3v) is 5.49. The fraction of sp³-hybridized carbons (Fsp3) is 0.632. The third kappa shape index (κ3) is 4.75. The summed E-state index contributed by atoms with van der Waals surface area (Å²) in [4.78, 5) is 14.8. The zero-order valence-corrected chi connectivity index (χ0v) is 14.6. The number of halogens is 4. The number of nitrogens with zero attached hydrogens (tertiary/aromatic N) is 1. The molecule has 1 aromatic rings. The minimum absolute atomic E-state index is 0.0947. The average molecular weight is 372 g/mol. The predicted molar refractivity (Wildman–Crippen MR) is 89.8 cm³/mol. The molecule has 1 aliphatic carbocycles. The van der Waals surface area contributed by atoms with E-state index >= 15 is 0 Å². The van der Waals surface area contributed by atoms with Gasteiger partial charge in [0, 0.05) is 18.5 Å². The van der Waals surface area contributed by atoms with Gasteiger partial charge in [-0.2, -0.15) is 13.2 Å². The monoisotopic (exact) mass is 372 g/mol. The third-order valence-electron chi connectivity index (χ3n) is 5.49. The van der Waals surface area contributed by atoms with Gasteiger partial charge in [-0.25, -0.2) is 4.39 Å². The van der Waals surface area contributed by atoms with Crippen LogP contribution in [0.2, 0.25) is 0 Å². The number of nitrogens with one attached hydrogen (secondary N) is 1. The van der Waals surface area contributed by atoms with Crippen LogP contribution in [0, 0.1) is 11.7 Å². The number of hydrogen-bond donors (Lipinski definition) is 1. The molecular formula is C19H24F4N2O. The number of likely N-dealkylation sites (tertiary alicyclic amines) is 1. The van der Waals surface area contributed by atoms with Crippen LogP contribution in [0.1, 0.15) is 49.7 Å². The second-order valence-electron chi connectivity index (χ2n) is 7.31. The first-order chi connectivity index (χ1) is 12.3. The number of piperidine rings is 1. The van der Waals surface area contributed by atoms with Crippen LogP contribution in [0.4, 0.5) is 17.6 Å². The first kappa shape index (κ1) is 19.1. The molecule has 1 amide bonds. The number of rotatable bonds is 4. The molecule has 7 heteroatoms. The van der Waals surface area contributed by atoms with Gasteiger partial charge in [0.15, 0.2) is 0 Å². The molecule has 3 rings (SSSR count). The van der Waals surface area contributed by atoms with E-state index in [1.807, 2.05) is 0 Å². The lowest BCUT2D eigenvalue weighted by Gasteiger charge is -2.35. The maximum Gasteiger partial charge on any atom is 0.416 e. The van der Waals surface area contributed by atoms with Crippen LogP contribution in [0.3, 0.4) is 0 Å². The fourth-order valence-corrected chi connectivity index (χ4v) is 4.05. The van der Waals surface area contributed by atoms with E-state index in [2.05, 4.69) is 10.2 Å². The standard InChI is InChI=1S/C19H24F4N2O/c20-16-10-13(9-15(11-16)19(21,22)23)12-24-18(26)14-5-7-25(8-6-14)17-3-1-2-4-17/h9-11,14,17H,1-8,12H2,(H,24,26). The summed E-state index contributed by atoms with van der Waals surface area (Å²) in [6, 6.07) is 3.01. The Labute approximate surface area is 150 Å². The Morgan fingerprint density at radius 3 is 2.35 bits per heavy atom. The maximum atomic E-state index is 13.4. The Balaban J connectivity index is 1.51. The molecule has 26 heavy (non-hydrogen) atoms. The highest BCUT2D eigenvalue weighted by Crippen LogP contribution is 2.31. The minimum Gasteiger partial charge on any atom is -0.352 e. The Morgan fingerprint density at radius 2 is 1.73 bits per heavy atom. The highest BCUT2D eigenvalue weighted by atomic mass is 19.4. The van der Waals surface area contributed by atoms with Crippen molar-refractivity contribution in [3.05, 3.63) is 35.1 Å². The molecule has 0 aromatic heterocycles. The van der Waals surface area contributed by atoms with Crippen LogP contribution in [0.15, 0.2) is 18.2 Å². The van der Waals surface area contributed by atoms with Crippen molar-refractivity contribution in [2.75, 3.05) is 13.1 Å². The summed E-state index contributed by atoms with van der Waals surface area (Å²) in [5.74, 6) is -1.23. The number of benzene rings is 1. The van der Waals surface area contributed by atoms with Gasteiger partial charge in [0.05, 0.1) is 5.56 Å². The van der Waals surface area contributed by atoms with E-state index in [4.69, 9.17) is 0 Å². The van der Waals surface area contributed by atoms with Crippen molar-refractivity contribution in [1.29, 1.82) is 0 Å². The van der Waals surface area contributed by atoms with Crippen LogP contribution in [-0.4, -0.2) is 29.9 Å². The zero-order chi connectivity index (χ0) is 18.7. The highest BCUT2D eigenvalue weighted by Gasteiger charge is 2.32. The van der Waals surface area contributed by atoms with Gasteiger partial charge >= 0.3 is 6.18 Å². The summed E-state index contributed by atoms with van der Waals surface area (Å²) in [5.41, 5.74) is -0.916. The van der Waals surface area contributed by atoms with Gasteiger partial charge in [0.2, 0.25) is 5.91 Å². The quantitative estimate of drug-likeness (QED) is 0.807. The Morgan fingerprint density at radius 1 is 1.08 bits per heavy atom. The molecule has 3 nitrogen and oxygen atoms in total. The molecule has 0 bridgehead atoms. The molecule has 0 unspecified atom stereocenters. The summed E-state index contributed by atoms with van der Waals surface area (Å²) < 4.78 is 51.6. The Bertz CT molecular complexity index is 633. The van der Waals surface area contributed by atoms with Crippen molar-refractivity contribution in [2.45, 2.75) is 57.3 Å². The van der Waals surface area contributed by atoms with Gasteiger partial charge < -0.3 is 10.2 Å². The first-order valence-corrected chi connectivity index (χ1v) is 9.21. The van der Waals surface area contributed by atoms with E-state index in [1.165, 1.54) is 25.7 Å². The average Bonchev–Trinajstić information content (AvgIpc) is 3.13. The van der Waals surface area contributed by atoms with E-state index in [1.54, 1.807) is 0 Å². The van der Waals surface area contributed by atoms with Crippen LogP contribution >= 0.6 is 0 Å². The van der Waals surface area contributed by atoms with Gasteiger partial charge in [-0.15, -0.1) is 0 Å². The van der Waals surface area contributed by atoms with E-state index in [9.17, 15) is 22.4 Å². The topological polar surface area (TPSA) is 32.3 Å². The predicted octanol–water partition coefficient (Wildman–Crippen LogP) is 4.12. The molecule has 1 aliphatic heterocycles. The molecule has 1 aromatic carbocycles. The van der Waals surface area contributed by atoms with Gasteiger partial charge in [0.1, 0.15) is 5.82 Å². The Kier molecular flexibility index (Phi) is 5.85. The molecule has 0 atom stereocenters. The number of hydrogen-bond acceptors (Lipinski definition) is 2. The normalized spacial score (nSPS) is 20.5. The lowest BCUT2D eigenvalue weighted by Crippen LogP contribution is -2.43. The molecule has 2 aliphatic rings. The molecule has 0 spiro atoms. The second kappa shape index (κ2) is 7.94. The summed E-state index contributed by atoms with van der Waals surface area (Å²) in [6.07, 6.45) is 1.94. The molecule has 0 radical (unpaired) electrons. The van der Waals surface area contributed by atoms with Gasteiger partial charge in [-0.05, 0) is 62.5 Å². The lowest BCUT2D eigenvalue weighted by molar-refractivity contribution is -0.137. The van der Waals surface area contributed by atoms with Crippen molar-refractivity contribution in [1.82, 2.24) is 10.2 Å². The fourth-order valence-electron chi connectivity index (χ4n) is 4.05. The highest BCUT2D eigenvalue weighted by molar-refractivity contribution is 5.78. The van der Waals surface area contributed by atoms with Crippen molar-refractivity contribution >= 4 is 5.91 Å². The molecule has 144 valence electrons. The van der Waals surface area contributed by atoms with Crippen LogP contribution in [-0.2, 0) is 17.5 Å². The Hall–Kier alpha value is -1.63. The van der Waals surface area contributed by atoms with E-state index < -0.39 is 17.6 Å². The zero-order valence-electron chi connectivity index (χ0n) is 14.6. The van der Waals surface area contributed by atoms with Crippen molar-refractivity contribution in [3.8, 4) is 0 Å². The SMILES string of the molecule is O=C(NCc1cc(F)cc(C(F)(F)F)c1)C1CCN(C2CCCC2)CC1. The number of amides is 1. The molecule has 1 heterocycles. The lowest BCUT2D eigenvalue weighted by atomic mass is 9.94. The first-order valence-electron chi connectivity index (χ1n) is 9.21. The number of carbonyl (C=O) groups is 1. The smallest absolute Gasteiger partial charge is 0.352 e. The molecular weight excluding hydrogens is 348 g/mol. The molecule has 1 saturated heterocycles. The van der Waals surface area contributed by atoms with E-state index in [0.29, 0.717) is 12.1 Å². The van der Waals surface area contributed by atoms with E-state index in [-0.39, 0.29) is 23.9 Å². The van der Waals surface area contributed by atoms with Gasteiger partial charge in [-0.1, -0.05) is 12.8 Å². The van der Waals surface area contributed by atoms with Crippen molar-refractivity contribution in [2.24, 2.45) is 5.92 Å². The van der Waals surface area contributed by atoms with Gasteiger partial charge in [-0.3, -0.25) is 4.79 Å². The largest absolute Gasteiger partial charge is 0.416 e. The summed E-state index contributed by atoms with van der Waals surface area (Å²) >= 11 is 0. The number of alkyl halides is 3. The second-order valence-corrected chi connectivity index (χ2v) is 7.31. The van der Waals surface area contributed by atoms with Crippen LogP contribution < -0.4 is 5.32 Å². The van der Waals surface area contributed by atoms with Gasteiger partial charge in [0.25, 0.3) is 0 Å². The van der Waals surface area contributed by atoms with Crippen LogP contribution in [0.5, 0.6) is 0 Å². The molecule has 2 fully saturated rings. The summed E-state index contributed by atoms with van der Waals surface area (Å²) in [5, 5.41) is 2.67. The molecule has 1 N–H and O–H groups in total. The van der Waals surface area contributed by atoms with Crippen molar-refractivity contribution < 1.29 is 22.4 Å². The maximum absolute atomic E-state index is 13.4. The van der Waals surface area contributed by atoms with Crippen LogP contribution in [0.25, 0.3) is 0 Å². The number of carbonyl (C=O) groups excluding carboxylic acids is 1. The molecule has 1 saturated carbocycles. The summed E-state index contributed by atoms with van der Waals surface area (Å²) in [7, 11) is 0.